The first-order chi connectivity index (χ1) is 9.31. The highest BCUT2D eigenvalue weighted by Gasteiger charge is 2.17. The first-order valence-electron chi connectivity index (χ1n) is 7.30. The van der Waals surface area contributed by atoms with Crippen LogP contribution in [-0.4, -0.2) is 35.4 Å². The third-order valence-electron chi connectivity index (χ3n) is 3.45. The second kappa shape index (κ2) is 7.12. The molecule has 1 aliphatic heterocycles. The molecule has 4 heteroatoms. The zero-order valence-electron chi connectivity index (χ0n) is 11.7. The smallest absolute Gasteiger partial charge is 0.272 e. The predicted octanol–water partition coefficient (Wildman–Crippen LogP) is 2.92. The summed E-state index contributed by atoms with van der Waals surface area (Å²) in [5.41, 5.74) is 1.54. The highest BCUT2D eigenvalue weighted by molar-refractivity contribution is 5.92. The van der Waals surface area contributed by atoms with E-state index < -0.39 is 0 Å². The third kappa shape index (κ3) is 3.94. The molecular formula is C15H23N3O. The summed E-state index contributed by atoms with van der Waals surface area (Å²) in [7, 11) is 0. The van der Waals surface area contributed by atoms with E-state index in [9.17, 15) is 4.79 Å². The Bertz CT molecular complexity index is 394. The molecule has 1 saturated heterocycles. The van der Waals surface area contributed by atoms with E-state index in [1.54, 1.807) is 6.20 Å². The molecule has 0 bridgehead atoms. The summed E-state index contributed by atoms with van der Waals surface area (Å²) in [6.45, 7) is 4.80. The number of anilines is 1. The lowest BCUT2D eigenvalue weighted by Crippen LogP contribution is -2.32. The molecule has 1 N–H and O–H groups in total. The highest BCUT2D eigenvalue weighted by atomic mass is 16.2. The summed E-state index contributed by atoms with van der Waals surface area (Å²) >= 11 is 0. The van der Waals surface area contributed by atoms with Crippen molar-refractivity contribution in [3.63, 3.8) is 0 Å². The van der Waals surface area contributed by atoms with Gasteiger partial charge in [-0.25, -0.2) is 4.98 Å². The Labute approximate surface area is 115 Å². The molecule has 0 saturated carbocycles. The SMILES string of the molecule is CCCNc1ccc(C(=O)N2CCCCCC2)nc1. The van der Waals surface area contributed by atoms with Gasteiger partial charge >= 0.3 is 0 Å². The van der Waals surface area contributed by atoms with Crippen LogP contribution in [0, 0.1) is 0 Å². The number of pyridine rings is 1. The fraction of sp³-hybridized carbons (Fsp3) is 0.600. The van der Waals surface area contributed by atoms with Crippen LogP contribution in [0.1, 0.15) is 49.5 Å². The summed E-state index contributed by atoms with van der Waals surface area (Å²) < 4.78 is 0. The Morgan fingerprint density at radius 1 is 1.26 bits per heavy atom. The molecule has 0 unspecified atom stereocenters. The minimum Gasteiger partial charge on any atom is -0.384 e. The van der Waals surface area contributed by atoms with Crippen molar-refractivity contribution in [2.45, 2.75) is 39.0 Å². The van der Waals surface area contributed by atoms with Gasteiger partial charge in [-0.15, -0.1) is 0 Å². The van der Waals surface area contributed by atoms with Crippen molar-refractivity contribution >= 4 is 11.6 Å². The molecule has 2 heterocycles. The van der Waals surface area contributed by atoms with Gasteiger partial charge in [-0.1, -0.05) is 19.8 Å². The largest absolute Gasteiger partial charge is 0.384 e. The molecule has 19 heavy (non-hydrogen) atoms. The van der Waals surface area contributed by atoms with Crippen LogP contribution in [0.2, 0.25) is 0 Å². The number of carbonyl (C=O) groups excluding carboxylic acids is 1. The van der Waals surface area contributed by atoms with Gasteiger partial charge in [-0.2, -0.15) is 0 Å². The van der Waals surface area contributed by atoms with E-state index >= 15 is 0 Å². The summed E-state index contributed by atoms with van der Waals surface area (Å²) in [5, 5.41) is 3.26. The summed E-state index contributed by atoms with van der Waals surface area (Å²) in [6.07, 6.45) is 7.52. The Morgan fingerprint density at radius 2 is 2.00 bits per heavy atom. The number of hydrogen-bond donors (Lipinski definition) is 1. The number of nitrogens with zero attached hydrogens (tertiary/aromatic N) is 2. The molecule has 2 rings (SSSR count). The number of rotatable bonds is 4. The van der Waals surface area contributed by atoms with E-state index in [1.165, 1.54) is 12.8 Å². The zero-order chi connectivity index (χ0) is 13.5. The van der Waals surface area contributed by atoms with Crippen LogP contribution in [0.5, 0.6) is 0 Å². The van der Waals surface area contributed by atoms with Crippen LogP contribution >= 0.6 is 0 Å². The summed E-state index contributed by atoms with van der Waals surface area (Å²) in [5.74, 6) is 0.0731. The van der Waals surface area contributed by atoms with E-state index in [1.807, 2.05) is 17.0 Å². The van der Waals surface area contributed by atoms with Gasteiger partial charge in [-0.05, 0) is 31.4 Å². The molecule has 0 aromatic carbocycles. The number of aromatic nitrogens is 1. The lowest BCUT2D eigenvalue weighted by Gasteiger charge is -2.19. The van der Waals surface area contributed by atoms with Crippen molar-refractivity contribution in [2.75, 3.05) is 25.0 Å². The Kier molecular flexibility index (Phi) is 5.19. The van der Waals surface area contributed by atoms with Crippen LogP contribution in [0.4, 0.5) is 5.69 Å². The molecule has 1 aliphatic rings. The second-order valence-corrected chi connectivity index (χ2v) is 5.07. The minimum absolute atomic E-state index is 0.0731. The van der Waals surface area contributed by atoms with Crippen LogP contribution < -0.4 is 5.32 Å². The third-order valence-corrected chi connectivity index (χ3v) is 3.45. The first-order valence-corrected chi connectivity index (χ1v) is 7.30. The molecule has 0 radical (unpaired) electrons. The first kappa shape index (κ1) is 13.8. The van der Waals surface area contributed by atoms with Crippen LogP contribution in [0.25, 0.3) is 0 Å². The molecule has 1 aromatic rings. The van der Waals surface area contributed by atoms with Crippen molar-refractivity contribution in [3.05, 3.63) is 24.0 Å². The molecular weight excluding hydrogens is 238 g/mol. The van der Waals surface area contributed by atoms with E-state index in [0.29, 0.717) is 5.69 Å². The highest BCUT2D eigenvalue weighted by Crippen LogP contribution is 2.13. The van der Waals surface area contributed by atoms with Crippen molar-refractivity contribution in [2.24, 2.45) is 0 Å². The molecule has 1 amide bonds. The topological polar surface area (TPSA) is 45.2 Å². The summed E-state index contributed by atoms with van der Waals surface area (Å²) in [4.78, 5) is 18.5. The van der Waals surface area contributed by atoms with Gasteiger partial charge in [0.2, 0.25) is 0 Å². The number of nitrogens with one attached hydrogen (secondary N) is 1. The van der Waals surface area contributed by atoms with Crippen molar-refractivity contribution in [1.82, 2.24) is 9.88 Å². The predicted molar refractivity (Wildman–Crippen MR) is 77.4 cm³/mol. The molecule has 4 nitrogen and oxygen atoms in total. The van der Waals surface area contributed by atoms with Gasteiger partial charge < -0.3 is 10.2 Å². The second-order valence-electron chi connectivity index (χ2n) is 5.07. The van der Waals surface area contributed by atoms with Crippen LogP contribution in [0.3, 0.4) is 0 Å². The molecule has 1 aromatic heterocycles. The lowest BCUT2D eigenvalue weighted by atomic mass is 10.2. The van der Waals surface area contributed by atoms with Gasteiger partial charge in [0.1, 0.15) is 5.69 Å². The van der Waals surface area contributed by atoms with E-state index in [0.717, 1.165) is 44.6 Å². The lowest BCUT2D eigenvalue weighted by molar-refractivity contribution is 0.0756. The average Bonchev–Trinajstić information content (AvgIpc) is 2.74. The van der Waals surface area contributed by atoms with Crippen molar-refractivity contribution in [3.8, 4) is 0 Å². The average molecular weight is 261 g/mol. The molecule has 1 fully saturated rings. The fourth-order valence-electron chi connectivity index (χ4n) is 2.33. The Morgan fingerprint density at radius 3 is 2.58 bits per heavy atom. The van der Waals surface area contributed by atoms with Crippen LogP contribution in [-0.2, 0) is 0 Å². The van der Waals surface area contributed by atoms with E-state index in [-0.39, 0.29) is 5.91 Å². The zero-order valence-corrected chi connectivity index (χ0v) is 11.7. The number of likely N-dealkylation sites (tertiary alicyclic amines) is 1. The van der Waals surface area contributed by atoms with Crippen molar-refractivity contribution in [1.29, 1.82) is 0 Å². The van der Waals surface area contributed by atoms with Gasteiger partial charge in [0, 0.05) is 19.6 Å². The molecule has 0 atom stereocenters. The Hall–Kier alpha value is -1.58. The van der Waals surface area contributed by atoms with E-state index in [2.05, 4.69) is 17.2 Å². The fourth-order valence-corrected chi connectivity index (χ4v) is 2.33. The monoisotopic (exact) mass is 261 g/mol. The maximum absolute atomic E-state index is 12.3. The number of hydrogen-bond acceptors (Lipinski definition) is 3. The number of carbonyl (C=O) groups is 1. The summed E-state index contributed by atoms with van der Waals surface area (Å²) in [6, 6.07) is 3.76. The maximum Gasteiger partial charge on any atom is 0.272 e. The van der Waals surface area contributed by atoms with Gasteiger partial charge in [0.15, 0.2) is 0 Å². The molecule has 0 aliphatic carbocycles. The Balaban J connectivity index is 1.98. The van der Waals surface area contributed by atoms with Crippen LogP contribution in [0.15, 0.2) is 18.3 Å². The van der Waals surface area contributed by atoms with Gasteiger partial charge in [-0.3, -0.25) is 4.79 Å². The maximum atomic E-state index is 12.3. The van der Waals surface area contributed by atoms with Crippen molar-refractivity contribution < 1.29 is 4.79 Å². The van der Waals surface area contributed by atoms with E-state index in [4.69, 9.17) is 0 Å². The minimum atomic E-state index is 0.0731. The molecule has 0 spiro atoms. The van der Waals surface area contributed by atoms with Gasteiger partial charge in [0.25, 0.3) is 5.91 Å². The number of amides is 1. The normalized spacial score (nSPS) is 15.9. The quantitative estimate of drug-likeness (QED) is 0.906. The standard InChI is InChI=1S/C15H23N3O/c1-2-9-16-13-7-8-14(17-12-13)15(19)18-10-5-3-4-6-11-18/h7-8,12,16H,2-6,9-11H2,1H3. The molecule has 104 valence electrons. The van der Waals surface area contributed by atoms with Gasteiger partial charge in [0.05, 0.1) is 11.9 Å².